The van der Waals surface area contributed by atoms with Crippen molar-refractivity contribution < 1.29 is 0 Å². The van der Waals surface area contributed by atoms with Crippen molar-refractivity contribution >= 4 is 0 Å². The van der Waals surface area contributed by atoms with Crippen molar-refractivity contribution in [2.45, 2.75) is 32.2 Å². The summed E-state index contributed by atoms with van der Waals surface area (Å²) in [5, 5.41) is 16.9. The van der Waals surface area contributed by atoms with E-state index in [1.807, 2.05) is 13.2 Å². The van der Waals surface area contributed by atoms with E-state index in [-0.39, 0.29) is 6.04 Å². The summed E-state index contributed by atoms with van der Waals surface area (Å²) >= 11 is 0. The first kappa shape index (κ1) is 11.2. The zero-order valence-electron chi connectivity index (χ0n) is 9.90. The van der Waals surface area contributed by atoms with E-state index in [1.54, 1.807) is 4.68 Å². The number of aromatic nitrogens is 2. The summed E-state index contributed by atoms with van der Waals surface area (Å²) < 4.78 is 1.79. The van der Waals surface area contributed by atoms with Gasteiger partial charge in [0.15, 0.2) is 0 Å². The Morgan fingerprint density at radius 2 is 2.44 bits per heavy atom. The molecule has 0 aliphatic heterocycles. The van der Waals surface area contributed by atoms with E-state index in [0.717, 1.165) is 30.1 Å². The summed E-state index contributed by atoms with van der Waals surface area (Å²) in [5.41, 5.74) is 2.06. The highest BCUT2D eigenvalue weighted by molar-refractivity contribution is 5.26. The molecule has 0 amide bonds. The molecule has 1 N–H and O–H groups in total. The van der Waals surface area contributed by atoms with Gasteiger partial charge < -0.3 is 0 Å². The van der Waals surface area contributed by atoms with Gasteiger partial charge in [-0.1, -0.05) is 6.92 Å². The smallest absolute Gasteiger partial charge is 0.124 e. The number of nitrogens with one attached hydrogen (secondary N) is 1. The zero-order valence-corrected chi connectivity index (χ0v) is 9.90. The highest BCUT2D eigenvalue weighted by atomic mass is 15.3. The van der Waals surface area contributed by atoms with Crippen molar-refractivity contribution in [2.24, 2.45) is 13.0 Å². The highest BCUT2D eigenvalue weighted by Crippen LogP contribution is 2.28. The van der Waals surface area contributed by atoms with E-state index < -0.39 is 0 Å². The lowest BCUT2D eigenvalue weighted by Crippen LogP contribution is -2.22. The molecule has 1 aromatic rings. The molecule has 0 spiro atoms. The molecule has 1 aromatic heterocycles. The zero-order chi connectivity index (χ0) is 11.5. The topological polar surface area (TPSA) is 53.6 Å². The van der Waals surface area contributed by atoms with Crippen LogP contribution in [0.5, 0.6) is 0 Å². The molecule has 0 saturated heterocycles. The average molecular weight is 218 g/mol. The molecule has 1 fully saturated rings. The fourth-order valence-corrected chi connectivity index (χ4v) is 1.90. The normalized spacial score (nSPS) is 17.1. The van der Waals surface area contributed by atoms with Crippen molar-refractivity contribution in [1.82, 2.24) is 15.1 Å². The molecule has 1 atom stereocenters. The molecule has 0 radical (unpaired) electrons. The first-order valence-corrected chi connectivity index (χ1v) is 5.90. The van der Waals surface area contributed by atoms with Crippen molar-refractivity contribution in [3.8, 4) is 6.07 Å². The van der Waals surface area contributed by atoms with E-state index in [0.29, 0.717) is 0 Å². The average Bonchev–Trinajstić information content (AvgIpc) is 3.02. The second kappa shape index (κ2) is 4.67. The molecule has 2 rings (SSSR count). The Kier molecular flexibility index (Phi) is 3.25. The maximum atomic E-state index is 9.19. The maximum Gasteiger partial charge on any atom is 0.124 e. The summed E-state index contributed by atoms with van der Waals surface area (Å²) in [4.78, 5) is 0. The quantitative estimate of drug-likeness (QED) is 0.815. The van der Waals surface area contributed by atoms with E-state index in [9.17, 15) is 5.26 Å². The van der Waals surface area contributed by atoms with Gasteiger partial charge in [-0.15, -0.1) is 0 Å². The van der Waals surface area contributed by atoms with Gasteiger partial charge in [-0.05, 0) is 31.7 Å². The Morgan fingerprint density at radius 3 is 3.00 bits per heavy atom. The van der Waals surface area contributed by atoms with Crippen molar-refractivity contribution in [3.63, 3.8) is 0 Å². The molecule has 1 unspecified atom stereocenters. The molecule has 0 aromatic carbocycles. The Morgan fingerprint density at radius 1 is 1.69 bits per heavy atom. The van der Waals surface area contributed by atoms with Crippen LogP contribution in [0, 0.1) is 17.2 Å². The second-order valence-corrected chi connectivity index (χ2v) is 4.47. The molecule has 4 nitrogen and oxygen atoms in total. The van der Waals surface area contributed by atoms with Gasteiger partial charge in [0.1, 0.15) is 6.04 Å². The van der Waals surface area contributed by atoms with E-state index in [2.05, 4.69) is 23.4 Å². The SMILES string of the molecule is CCc1nn(C)cc1C(C#N)NCC1CC1. The maximum absolute atomic E-state index is 9.19. The minimum absolute atomic E-state index is 0.204. The first-order chi connectivity index (χ1) is 7.74. The summed E-state index contributed by atoms with van der Waals surface area (Å²) in [6.45, 7) is 3.03. The van der Waals surface area contributed by atoms with Crippen molar-refractivity contribution in [2.75, 3.05) is 6.54 Å². The molecular weight excluding hydrogens is 200 g/mol. The van der Waals surface area contributed by atoms with Gasteiger partial charge in [0.05, 0.1) is 11.8 Å². The van der Waals surface area contributed by atoms with Gasteiger partial charge in [0.25, 0.3) is 0 Å². The Labute approximate surface area is 96.3 Å². The summed E-state index contributed by atoms with van der Waals surface area (Å²) in [6.07, 6.45) is 5.43. The largest absolute Gasteiger partial charge is 0.298 e. The summed E-state index contributed by atoms with van der Waals surface area (Å²) in [5.74, 6) is 0.789. The van der Waals surface area contributed by atoms with Gasteiger partial charge in [0.2, 0.25) is 0 Å². The molecule has 1 aliphatic carbocycles. The second-order valence-electron chi connectivity index (χ2n) is 4.47. The third-order valence-electron chi connectivity index (χ3n) is 3.02. The van der Waals surface area contributed by atoms with Crippen LogP contribution >= 0.6 is 0 Å². The molecular formula is C12H18N4. The van der Waals surface area contributed by atoms with Crippen LogP contribution in [-0.4, -0.2) is 16.3 Å². The summed E-state index contributed by atoms with van der Waals surface area (Å²) in [6, 6.07) is 2.12. The van der Waals surface area contributed by atoms with Gasteiger partial charge >= 0.3 is 0 Å². The van der Waals surface area contributed by atoms with Gasteiger partial charge in [0, 0.05) is 18.8 Å². The number of nitrogens with zero attached hydrogens (tertiary/aromatic N) is 3. The van der Waals surface area contributed by atoms with E-state index >= 15 is 0 Å². The van der Waals surface area contributed by atoms with Crippen molar-refractivity contribution in [3.05, 3.63) is 17.5 Å². The van der Waals surface area contributed by atoms with Crippen LogP contribution in [0.3, 0.4) is 0 Å². The molecule has 86 valence electrons. The molecule has 1 aliphatic rings. The Bertz CT molecular complexity index is 398. The van der Waals surface area contributed by atoms with Crippen LogP contribution in [0.1, 0.15) is 37.1 Å². The lowest BCUT2D eigenvalue weighted by Gasteiger charge is -2.10. The molecule has 1 saturated carbocycles. The van der Waals surface area contributed by atoms with E-state index in [4.69, 9.17) is 0 Å². The third-order valence-corrected chi connectivity index (χ3v) is 3.02. The number of hydrogen-bond acceptors (Lipinski definition) is 3. The minimum Gasteiger partial charge on any atom is -0.298 e. The fourth-order valence-electron chi connectivity index (χ4n) is 1.90. The lowest BCUT2D eigenvalue weighted by molar-refractivity contribution is 0.589. The molecule has 4 heteroatoms. The number of rotatable bonds is 5. The number of nitriles is 1. The Hall–Kier alpha value is -1.34. The minimum atomic E-state index is -0.204. The van der Waals surface area contributed by atoms with Crippen LogP contribution in [0.2, 0.25) is 0 Å². The van der Waals surface area contributed by atoms with Crippen LogP contribution in [0.4, 0.5) is 0 Å². The monoisotopic (exact) mass is 218 g/mol. The predicted octanol–water partition coefficient (Wildman–Crippen LogP) is 1.55. The lowest BCUT2D eigenvalue weighted by atomic mass is 10.1. The van der Waals surface area contributed by atoms with Crippen molar-refractivity contribution in [1.29, 1.82) is 5.26 Å². The highest BCUT2D eigenvalue weighted by Gasteiger charge is 2.24. The summed E-state index contributed by atoms with van der Waals surface area (Å²) in [7, 11) is 1.90. The van der Waals surface area contributed by atoms with Crippen LogP contribution in [0.15, 0.2) is 6.20 Å². The first-order valence-electron chi connectivity index (χ1n) is 5.90. The number of aryl methyl sites for hydroxylation is 2. The number of hydrogen-bond donors (Lipinski definition) is 1. The standard InChI is InChI=1S/C12H18N4/c1-3-11-10(8-16(2)15-11)12(6-13)14-7-9-4-5-9/h8-9,12,14H,3-5,7H2,1-2H3. The van der Waals surface area contributed by atoms with Gasteiger partial charge in [-0.2, -0.15) is 10.4 Å². The predicted molar refractivity (Wildman–Crippen MR) is 61.7 cm³/mol. The Balaban J connectivity index is 2.08. The van der Waals surface area contributed by atoms with Crippen LogP contribution < -0.4 is 5.32 Å². The molecule has 1 heterocycles. The van der Waals surface area contributed by atoms with Gasteiger partial charge in [-0.3, -0.25) is 10.00 Å². The van der Waals surface area contributed by atoms with Gasteiger partial charge in [-0.25, -0.2) is 0 Å². The van der Waals surface area contributed by atoms with E-state index in [1.165, 1.54) is 12.8 Å². The van der Waals surface area contributed by atoms with Crippen LogP contribution in [-0.2, 0) is 13.5 Å². The fraction of sp³-hybridized carbons (Fsp3) is 0.667. The third kappa shape index (κ3) is 2.42. The van der Waals surface area contributed by atoms with Crippen LogP contribution in [0.25, 0.3) is 0 Å². The molecule has 0 bridgehead atoms. The molecule has 16 heavy (non-hydrogen) atoms.